The molecule has 1 aliphatic heterocycles. The molecular formula is C22H26Cl2N2O3S. The van der Waals surface area contributed by atoms with Crippen molar-refractivity contribution >= 4 is 39.1 Å². The second-order valence-corrected chi connectivity index (χ2v) is 10.6. The summed E-state index contributed by atoms with van der Waals surface area (Å²) in [5, 5.41) is 3.78. The molecule has 1 saturated heterocycles. The summed E-state index contributed by atoms with van der Waals surface area (Å²) >= 11 is 11.9. The summed E-state index contributed by atoms with van der Waals surface area (Å²) in [6.45, 7) is 4.65. The van der Waals surface area contributed by atoms with Crippen molar-refractivity contribution in [1.82, 2.24) is 9.62 Å². The molecule has 0 aromatic heterocycles. The first-order chi connectivity index (χ1) is 14.2. The molecule has 8 heteroatoms. The van der Waals surface area contributed by atoms with Gasteiger partial charge in [-0.05, 0) is 49.9 Å². The van der Waals surface area contributed by atoms with E-state index in [1.54, 1.807) is 18.2 Å². The van der Waals surface area contributed by atoms with E-state index in [4.69, 9.17) is 23.2 Å². The van der Waals surface area contributed by atoms with Gasteiger partial charge in [0.05, 0.1) is 21.8 Å². The highest BCUT2D eigenvalue weighted by atomic mass is 35.5. The lowest BCUT2D eigenvalue weighted by molar-refractivity contribution is -0.126. The van der Waals surface area contributed by atoms with Gasteiger partial charge < -0.3 is 5.32 Å². The lowest BCUT2D eigenvalue weighted by atomic mass is 9.96. The van der Waals surface area contributed by atoms with E-state index in [0.717, 1.165) is 5.56 Å². The number of aryl methyl sites for hydroxylation is 1. The van der Waals surface area contributed by atoms with Crippen LogP contribution in [0.4, 0.5) is 0 Å². The lowest BCUT2D eigenvalue weighted by Crippen LogP contribution is -2.43. The van der Waals surface area contributed by atoms with Gasteiger partial charge in [-0.25, -0.2) is 12.7 Å². The van der Waals surface area contributed by atoms with E-state index in [2.05, 4.69) is 5.32 Å². The van der Waals surface area contributed by atoms with Crippen LogP contribution in [0.2, 0.25) is 10.0 Å². The van der Waals surface area contributed by atoms with Crippen molar-refractivity contribution < 1.29 is 13.2 Å². The Kier molecular flexibility index (Phi) is 7.45. The number of amides is 1. The van der Waals surface area contributed by atoms with Crippen molar-refractivity contribution in [3.63, 3.8) is 0 Å². The molecule has 0 unspecified atom stereocenters. The van der Waals surface area contributed by atoms with Gasteiger partial charge in [0, 0.05) is 19.0 Å². The molecule has 2 aromatic rings. The minimum Gasteiger partial charge on any atom is -0.349 e. The minimum absolute atomic E-state index is 0.0235. The zero-order valence-corrected chi connectivity index (χ0v) is 19.4. The van der Waals surface area contributed by atoms with E-state index < -0.39 is 10.0 Å². The highest BCUT2D eigenvalue weighted by Crippen LogP contribution is 2.26. The summed E-state index contributed by atoms with van der Waals surface area (Å²) in [7, 11) is -3.49. The second kappa shape index (κ2) is 9.69. The zero-order valence-electron chi connectivity index (χ0n) is 17.1. The first kappa shape index (κ1) is 23.1. The van der Waals surface area contributed by atoms with Crippen LogP contribution in [-0.4, -0.2) is 31.7 Å². The smallest absolute Gasteiger partial charge is 0.223 e. The topological polar surface area (TPSA) is 66.5 Å². The number of sulfonamides is 1. The fourth-order valence-corrected chi connectivity index (χ4v) is 5.47. The third-order valence-corrected chi connectivity index (χ3v) is 8.08. The molecule has 1 N–H and O–H groups in total. The molecule has 0 saturated carbocycles. The summed E-state index contributed by atoms with van der Waals surface area (Å²) in [5.74, 6) is -0.343. The fraction of sp³-hybridized carbons (Fsp3) is 0.409. The number of hydrogen-bond acceptors (Lipinski definition) is 3. The van der Waals surface area contributed by atoms with Crippen molar-refractivity contribution in [1.29, 1.82) is 0 Å². The number of hydrogen-bond donors (Lipinski definition) is 1. The zero-order chi connectivity index (χ0) is 21.9. The highest BCUT2D eigenvalue weighted by molar-refractivity contribution is 7.88. The van der Waals surface area contributed by atoms with Crippen LogP contribution >= 0.6 is 23.2 Å². The molecular weight excluding hydrogens is 443 g/mol. The van der Waals surface area contributed by atoms with Gasteiger partial charge in [0.2, 0.25) is 15.9 Å². The Morgan fingerprint density at radius 2 is 1.73 bits per heavy atom. The van der Waals surface area contributed by atoms with Crippen LogP contribution in [0.1, 0.15) is 42.5 Å². The Morgan fingerprint density at radius 1 is 1.10 bits per heavy atom. The van der Waals surface area contributed by atoms with E-state index in [1.807, 2.05) is 38.1 Å². The molecule has 1 heterocycles. The maximum atomic E-state index is 12.8. The van der Waals surface area contributed by atoms with E-state index in [0.29, 0.717) is 41.5 Å². The number of rotatable bonds is 6. The standard InChI is InChI=1S/C22H26Cl2N2O3S/c1-15-3-6-18(7-4-15)16(2)25-22(27)19-9-11-26(12-10-19)30(28,29)14-17-5-8-20(23)21(24)13-17/h3-8,13,16,19H,9-12,14H2,1-2H3,(H,25,27)/t16-/m0/s1. The Morgan fingerprint density at radius 3 is 2.33 bits per heavy atom. The number of nitrogens with one attached hydrogen (secondary N) is 1. The molecule has 162 valence electrons. The van der Waals surface area contributed by atoms with Crippen LogP contribution in [-0.2, 0) is 20.6 Å². The Labute approximate surface area is 188 Å². The summed E-state index contributed by atoms with van der Waals surface area (Å²) < 4.78 is 27.0. The normalized spacial score (nSPS) is 16.9. The number of nitrogens with zero attached hydrogens (tertiary/aromatic N) is 1. The van der Waals surface area contributed by atoms with Gasteiger partial charge in [-0.2, -0.15) is 0 Å². The van der Waals surface area contributed by atoms with E-state index >= 15 is 0 Å². The number of piperidine rings is 1. The maximum absolute atomic E-state index is 12.8. The molecule has 3 rings (SSSR count). The summed E-state index contributed by atoms with van der Waals surface area (Å²) in [4.78, 5) is 12.7. The first-order valence-electron chi connectivity index (χ1n) is 9.94. The molecule has 2 aromatic carbocycles. The third kappa shape index (κ3) is 5.76. The van der Waals surface area contributed by atoms with E-state index in [1.165, 1.54) is 9.87 Å². The first-order valence-corrected chi connectivity index (χ1v) is 12.3. The third-order valence-electron chi connectivity index (χ3n) is 5.49. The predicted molar refractivity (Wildman–Crippen MR) is 121 cm³/mol. The predicted octanol–water partition coefficient (Wildman–Crippen LogP) is 4.72. The fourth-order valence-electron chi connectivity index (χ4n) is 3.60. The molecule has 1 fully saturated rings. The second-order valence-electron chi connectivity index (χ2n) is 7.82. The number of benzene rings is 2. The molecule has 0 spiro atoms. The van der Waals surface area contributed by atoms with Crippen molar-refractivity contribution in [2.24, 2.45) is 5.92 Å². The summed E-state index contributed by atoms with van der Waals surface area (Å²) in [6, 6.07) is 12.8. The quantitative estimate of drug-likeness (QED) is 0.666. The van der Waals surface area contributed by atoms with E-state index in [-0.39, 0.29) is 23.6 Å². The van der Waals surface area contributed by atoms with Crippen molar-refractivity contribution in [3.05, 3.63) is 69.2 Å². The van der Waals surface area contributed by atoms with Gasteiger partial charge >= 0.3 is 0 Å². The van der Waals surface area contributed by atoms with Crippen molar-refractivity contribution in [2.45, 2.75) is 38.5 Å². The molecule has 0 aliphatic carbocycles. The Balaban J connectivity index is 1.54. The van der Waals surface area contributed by atoms with Crippen LogP contribution in [0.15, 0.2) is 42.5 Å². The summed E-state index contributed by atoms with van der Waals surface area (Å²) in [5.41, 5.74) is 2.82. The summed E-state index contributed by atoms with van der Waals surface area (Å²) in [6.07, 6.45) is 1.01. The van der Waals surface area contributed by atoms with E-state index in [9.17, 15) is 13.2 Å². The monoisotopic (exact) mass is 468 g/mol. The van der Waals surface area contributed by atoms with Crippen LogP contribution in [0.3, 0.4) is 0 Å². The van der Waals surface area contributed by atoms with Crippen molar-refractivity contribution in [2.75, 3.05) is 13.1 Å². The lowest BCUT2D eigenvalue weighted by Gasteiger charge is -2.31. The van der Waals surface area contributed by atoms with Crippen molar-refractivity contribution in [3.8, 4) is 0 Å². The molecule has 0 bridgehead atoms. The van der Waals surface area contributed by atoms with Gasteiger partial charge in [-0.3, -0.25) is 4.79 Å². The van der Waals surface area contributed by atoms with Gasteiger partial charge in [-0.15, -0.1) is 0 Å². The molecule has 0 radical (unpaired) electrons. The van der Waals surface area contributed by atoms with Gasteiger partial charge in [0.1, 0.15) is 0 Å². The highest BCUT2D eigenvalue weighted by Gasteiger charge is 2.31. The molecule has 5 nitrogen and oxygen atoms in total. The molecule has 1 amide bonds. The average Bonchev–Trinajstić information content (AvgIpc) is 2.71. The molecule has 1 atom stereocenters. The van der Waals surface area contributed by atoms with Crippen LogP contribution in [0.25, 0.3) is 0 Å². The van der Waals surface area contributed by atoms with Crippen LogP contribution in [0, 0.1) is 12.8 Å². The van der Waals surface area contributed by atoms with Crippen LogP contribution in [0.5, 0.6) is 0 Å². The number of carbonyl (C=O) groups is 1. The van der Waals surface area contributed by atoms with Gasteiger partial charge in [0.15, 0.2) is 0 Å². The Hall–Kier alpha value is -1.60. The molecule has 1 aliphatic rings. The van der Waals surface area contributed by atoms with Gasteiger partial charge in [-0.1, -0.05) is 59.1 Å². The average molecular weight is 469 g/mol. The largest absolute Gasteiger partial charge is 0.349 e. The minimum atomic E-state index is -3.49. The maximum Gasteiger partial charge on any atom is 0.223 e. The molecule has 30 heavy (non-hydrogen) atoms. The van der Waals surface area contributed by atoms with Gasteiger partial charge in [0.25, 0.3) is 0 Å². The SMILES string of the molecule is Cc1ccc([C@H](C)NC(=O)C2CCN(S(=O)(=O)Cc3ccc(Cl)c(Cl)c3)CC2)cc1. The Bertz CT molecular complexity index is 1000. The number of carbonyl (C=O) groups excluding carboxylic acids is 1. The van der Waals surface area contributed by atoms with Crippen LogP contribution < -0.4 is 5.32 Å². The number of halogens is 2.